The first-order valence-electron chi connectivity index (χ1n) is 5.67. The fourth-order valence-corrected chi connectivity index (χ4v) is 1.72. The van der Waals surface area contributed by atoms with Crippen LogP contribution in [0.4, 0.5) is 11.4 Å². The molecule has 1 aromatic carbocycles. The standard InChI is InChI=1S/C12H12N2O6/c1-3-10(20-11(15)4-2)12-8(13(16)17)6-5-7-9(12)14(18)19/h4-7,10H,2-3H2,1H3. The molecule has 0 spiro atoms. The fourth-order valence-electron chi connectivity index (χ4n) is 1.72. The maximum atomic E-state index is 11.2. The molecule has 1 rings (SSSR count). The topological polar surface area (TPSA) is 113 Å². The maximum absolute atomic E-state index is 11.2. The summed E-state index contributed by atoms with van der Waals surface area (Å²) in [6.45, 7) is 4.81. The molecule has 0 fully saturated rings. The van der Waals surface area contributed by atoms with Crippen LogP contribution in [0.2, 0.25) is 0 Å². The molecule has 1 atom stereocenters. The lowest BCUT2D eigenvalue weighted by molar-refractivity contribution is -0.396. The van der Waals surface area contributed by atoms with Crippen LogP contribution in [0.25, 0.3) is 0 Å². The number of nitro groups is 2. The third-order valence-corrected chi connectivity index (χ3v) is 2.57. The van der Waals surface area contributed by atoms with Gasteiger partial charge in [0.25, 0.3) is 11.4 Å². The predicted molar refractivity (Wildman–Crippen MR) is 69.1 cm³/mol. The Bertz CT molecular complexity index is 537. The fraction of sp³-hybridized carbons (Fsp3) is 0.250. The number of carbonyl (C=O) groups is 1. The summed E-state index contributed by atoms with van der Waals surface area (Å²) in [5, 5.41) is 22.0. The van der Waals surface area contributed by atoms with Gasteiger partial charge >= 0.3 is 5.97 Å². The average Bonchev–Trinajstić information content (AvgIpc) is 2.43. The molecule has 8 nitrogen and oxygen atoms in total. The lowest BCUT2D eigenvalue weighted by Crippen LogP contribution is -2.12. The van der Waals surface area contributed by atoms with Crippen molar-refractivity contribution in [3.05, 3.63) is 56.6 Å². The van der Waals surface area contributed by atoms with Crippen molar-refractivity contribution < 1.29 is 19.4 Å². The van der Waals surface area contributed by atoms with E-state index >= 15 is 0 Å². The number of nitrogens with zero attached hydrogens (tertiary/aromatic N) is 2. The van der Waals surface area contributed by atoms with Crippen molar-refractivity contribution >= 4 is 17.3 Å². The van der Waals surface area contributed by atoms with E-state index in [1.165, 1.54) is 6.07 Å². The number of carbonyl (C=O) groups excluding carboxylic acids is 1. The molecule has 0 aliphatic heterocycles. The van der Waals surface area contributed by atoms with Gasteiger partial charge in [-0.15, -0.1) is 0 Å². The maximum Gasteiger partial charge on any atom is 0.330 e. The molecule has 1 aromatic rings. The zero-order valence-electron chi connectivity index (χ0n) is 10.6. The molecule has 0 N–H and O–H groups in total. The molecule has 0 aliphatic rings. The summed E-state index contributed by atoms with van der Waals surface area (Å²) in [7, 11) is 0. The minimum absolute atomic E-state index is 0.158. The van der Waals surface area contributed by atoms with Gasteiger partial charge in [0.1, 0.15) is 11.7 Å². The van der Waals surface area contributed by atoms with E-state index in [2.05, 4.69) is 6.58 Å². The van der Waals surface area contributed by atoms with Gasteiger partial charge in [0.05, 0.1) is 9.85 Å². The molecular formula is C12H12N2O6. The van der Waals surface area contributed by atoms with E-state index in [1.54, 1.807) is 6.92 Å². The second kappa shape index (κ2) is 6.41. The van der Waals surface area contributed by atoms with Crippen molar-refractivity contribution in [3.8, 4) is 0 Å². The van der Waals surface area contributed by atoms with Crippen molar-refractivity contribution in [3.63, 3.8) is 0 Å². The first-order valence-corrected chi connectivity index (χ1v) is 5.67. The molecule has 20 heavy (non-hydrogen) atoms. The van der Waals surface area contributed by atoms with Crippen molar-refractivity contribution in [2.45, 2.75) is 19.4 Å². The van der Waals surface area contributed by atoms with E-state index < -0.39 is 33.3 Å². The minimum atomic E-state index is -1.08. The van der Waals surface area contributed by atoms with Crippen LogP contribution < -0.4 is 0 Å². The number of benzene rings is 1. The van der Waals surface area contributed by atoms with Gasteiger partial charge in [-0.3, -0.25) is 20.2 Å². The normalized spacial score (nSPS) is 11.4. The Balaban J connectivity index is 3.43. The smallest absolute Gasteiger partial charge is 0.330 e. The third kappa shape index (κ3) is 3.16. The Morgan fingerprint density at radius 1 is 1.35 bits per heavy atom. The summed E-state index contributed by atoms with van der Waals surface area (Å²) < 4.78 is 4.95. The molecule has 8 heteroatoms. The Morgan fingerprint density at radius 2 is 1.85 bits per heavy atom. The highest BCUT2D eigenvalue weighted by atomic mass is 16.6. The van der Waals surface area contributed by atoms with Crippen LogP contribution >= 0.6 is 0 Å². The van der Waals surface area contributed by atoms with Crippen LogP contribution in [-0.2, 0) is 9.53 Å². The highest BCUT2D eigenvalue weighted by Crippen LogP contribution is 2.37. The van der Waals surface area contributed by atoms with E-state index in [4.69, 9.17) is 4.74 Å². The van der Waals surface area contributed by atoms with E-state index in [0.717, 1.165) is 18.2 Å². The third-order valence-electron chi connectivity index (χ3n) is 2.57. The number of nitro benzene ring substituents is 2. The number of esters is 1. The molecule has 0 heterocycles. The van der Waals surface area contributed by atoms with Crippen LogP contribution in [0.5, 0.6) is 0 Å². The molecule has 0 radical (unpaired) electrons. The molecule has 0 amide bonds. The molecule has 0 aromatic heterocycles. The van der Waals surface area contributed by atoms with Gasteiger partial charge in [-0.2, -0.15) is 0 Å². The summed E-state index contributed by atoms with van der Waals surface area (Å²) in [6, 6.07) is 3.47. The van der Waals surface area contributed by atoms with Crippen LogP contribution in [-0.4, -0.2) is 15.8 Å². The predicted octanol–water partition coefficient (Wildman–Crippen LogP) is 2.68. The Labute approximate surface area is 114 Å². The number of ether oxygens (including phenoxy) is 1. The van der Waals surface area contributed by atoms with Crippen LogP contribution in [0.1, 0.15) is 25.0 Å². The van der Waals surface area contributed by atoms with E-state index in [-0.39, 0.29) is 12.0 Å². The second-order valence-corrected chi connectivity index (χ2v) is 3.76. The molecule has 106 valence electrons. The summed E-state index contributed by atoms with van der Waals surface area (Å²) in [5.41, 5.74) is -1.13. The zero-order chi connectivity index (χ0) is 15.3. The molecule has 0 bridgehead atoms. The van der Waals surface area contributed by atoms with Gasteiger partial charge in [0.2, 0.25) is 0 Å². The lowest BCUT2D eigenvalue weighted by atomic mass is 10.0. The quantitative estimate of drug-likeness (QED) is 0.342. The molecule has 0 saturated heterocycles. The van der Waals surface area contributed by atoms with Crippen molar-refractivity contribution in [2.75, 3.05) is 0 Å². The Kier molecular flexibility index (Phi) is 4.90. The first kappa shape index (κ1) is 15.3. The second-order valence-electron chi connectivity index (χ2n) is 3.76. The van der Waals surface area contributed by atoms with Gasteiger partial charge in [-0.1, -0.05) is 13.5 Å². The Morgan fingerprint density at radius 3 is 2.20 bits per heavy atom. The van der Waals surface area contributed by atoms with Gasteiger partial charge in [0, 0.05) is 18.2 Å². The van der Waals surface area contributed by atoms with E-state index in [9.17, 15) is 25.0 Å². The summed E-state index contributed by atoms with van der Waals surface area (Å²) in [6.07, 6.45) is -0.0309. The monoisotopic (exact) mass is 280 g/mol. The van der Waals surface area contributed by atoms with E-state index in [1.807, 2.05) is 0 Å². The molecular weight excluding hydrogens is 268 g/mol. The number of hydrogen-bond donors (Lipinski definition) is 0. The van der Waals surface area contributed by atoms with Gasteiger partial charge in [-0.05, 0) is 12.5 Å². The van der Waals surface area contributed by atoms with Gasteiger partial charge in [-0.25, -0.2) is 4.79 Å². The van der Waals surface area contributed by atoms with Crippen LogP contribution in [0, 0.1) is 20.2 Å². The van der Waals surface area contributed by atoms with Crippen molar-refractivity contribution in [1.29, 1.82) is 0 Å². The summed E-state index contributed by atoms with van der Waals surface area (Å²) in [5.74, 6) is -0.802. The lowest BCUT2D eigenvalue weighted by Gasteiger charge is -2.15. The van der Waals surface area contributed by atoms with Crippen LogP contribution in [0.15, 0.2) is 30.9 Å². The molecule has 0 aliphatic carbocycles. The van der Waals surface area contributed by atoms with Gasteiger partial charge in [0.15, 0.2) is 0 Å². The highest BCUT2D eigenvalue weighted by molar-refractivity contribution is 5.81. The van der Waals surface area contributed by atoms with Gasteiger partial charge < -0.3 is 4.74 Å². The Hall–Kier alpha value is -2.77. The molecule has 0 saturated carbocycles. The van der Waals surface area contributed by atoms with Crippen molar-refractivity contribution in [2.24, 2.45) is 0 Å². The highest BCUT2D eigenvalue weighted by Gasteiger charge is 2.32. The average molecular weight is 280 g/mol. The largest absolute Gasteiger partial charge is 0.454 e. The molecule has 1 unspecified atom stereocenters. The van der Waals surface area contributed by atoms with Crippen LogP contribution in [0.3, 0.4) is 0 Å². The summed E-state index contributed by atoms with van der Waals surface area (Å²) in [4.78, 5) is 31.7. The van der Waals surface area contributed by atoms with Crippen molar-refractivity contribution in [1.82, 2.24) is 0 Å². The van der Waals surface area contributed by atoms with E-state index in [0.29, 0.717) is 0 Å². The SMILES string of the molecule is C=CC(=O)OC(CC)c1c([N+](=O)[O-])cccc1[N+](=O)[O-]. The first-order chi connectivity index (χ1) is 9.42. The minimum Gasteiger partial charge on any atom is -0.454 e. The summed E-state index contributed by atoms with van der Waals surface area (Å²) >= 11 is 0. The zero-order valence-corrected chi connectivity index (χ0v) is 10.6. The number of rotatable bonds is 6. The number of hydrogen-bond acceptors (Lipinski definition) is 6.